The Morgan fingerprint density at radius 3 is 2.57 bits per heavy atom. The third-order valence-electron chi connectivity index (χ3n) is 3.53. The molecular weight excluding hydrogens is 432 g/mol. The number of hydrogen-bond acceptors (Lipinski definition) is 3. The Balaban J connectivity index is 0.00000264. The van der Waals surface area contributed by atoms with E-state index in [1.54, 1.807) is 0 Å². The maximum Gasteiger partial charge on any atom is 0.193 e. The Hall–Kier alpha value is -0.900. The fourth-order valence-corrected chi connectivity index (χ4v) is 3.64. The second kappa shape index (κ2) is 9.41. The zero-order valence-electron chi connectivity index (χ0n) is 13.2. The van der Waals surface area contributed by atoms with Gasteiger partial charge >= 0.3 is 0 Å². The van der Waals surface area contributed by atoms with Gasteiger partial charge in [-0.05, 0) is 31.9 Å². The van der Waals surface area contributed by atoms with Crippen LogP contribution in [0, 0.1) is 5.82 Å². The van der Waals surface area contributed by atoms with E-state index >= 15 is 0 Å². The normalized spacial score (nSPS) is 15.4. The third kappa shape index (κ3) is 5.59. The molecule has 0 amide bonds. The maximum atomic E-state index is 13.6. The van der Waals surface area contributed by atoms with Gasteiger partial charge in [-0.1, -0.05) is 12.1 Å². The van der Waals surface area contributed by atoms with Crippen molar-refractivity contribution in [2.24, 2.45) is 4.99 Å². The molecule has 0 spiro atoms. The molecule has 0 aromatic heterocycles. The van der Waals surface area contributed by atoms with Crippen LogP contribution >= 0.6 is 24.0 Å². The fourth-order valence-electron chi connectivity index (χ4n) is 2.43. The Labute approximate surface area is 154 Å². The van der Waals surface area contributed by atoms with Crippen molar-refractivity contribution in [1.82, 2.24) is 10.2 Å². The lowest BCUT2D eigenvalue weighted by Crippen LogP contribution is -2.39. The number of nitrogens with one attached hydrogen (secondary N) is 1. The summed E-state index contributed by atoms with van der Waals surface area (Å²) >= 11 is 0. The summed E-state index contributed by atoms with van der Waals surface area (Å²) < 4.78 is 37.9. The van der Waals surface area contributed by atoms with E-state index in [0.717, 1.165) is 44.5 Å². The Bertz CT molecular complexity index is 631. The van der Waals surface area contributed by atoms with Gasteiger partial charge in [0.05, 0.1) is 12.3 Å². The van der Waals surface area contributed by atoms with E-state index in [1.807, 2.05) is 6.92 Å². The van der Waals surface area contributed by atoms with E-state index < -0.39 is 15.7 Å². The number of halogens is 2. The van der Waals surface area contributed by atoms with Crippen LogP contribution in [0.1, 0.15) is 19.8 Å². The van der Waals surface area contributed by atoms with Crippen LogP contribution in [0.15, 0.2) is 34.2 Å². The number of nitrogens with zero attached hydrogens (tertiary/aromatic N) is 2. The van der Waals surface area contributed by atoms with Crippen LogP contribution in [-0.4, -0.2) is 51.2 Å². The van der Waals surface area contributed by atoms with Crippen LogP contribution in [0.5, 0.6) is 0 Å². The quantitative estimate of drug-likeness (QED) is 0.421. The van der Waals surface area contributed by atoms with Gasteiger partial charge in [-0.15, -0.1) is 24.0 Å². The number of benzene rings is 1. The number of guanidine groups is 1. The molecule has 2 rings (SSSR count). The Morgan fingerprint density at radius 1 is 1.30 bits per heavy atom. The molecule has 1 aromatic rings. The van der Waals surface area contributed by atoms with Gasteiger partial charge in [-0.25, -0.2) is 12.8 Å². The maximum absolute atomic E-state index is 13.6. The van der Waals surface area contributed by atoms with Crippen LogP contribution in [-0.2, 0) is 9.84 Å². The Kier molecular flexibility index (Phi) is 8.24. The average Bonchev–Trinajstić information content (AvgIpc) is 3.00. The Morgan fingerprint density at radius 2 is 1.96 bits per heavy atom. The average molecular weight is 455 g/mol. The minimum Gasteiger partial charge on any atom is -0.357 e. The summed E-state index contributed by atoms with van der Waals surface area (Å²) in [5.41, 5.74) is 0. The minimum atomic E-state index is -3.65. The van der Waals surface area contributed by atoms with E-state index in [4.69, 9.17) is 0 Å². The van der Waals surface area contributed by atoms with Gasteiger partial charge < -0.3 is 10.2 Å². The third-order valence-corrected chi connectivity index (χ3v) is 5.26. The molecule has 1 aliphatic rings. The lowest BCUT2D eigenvalue weighted by atomic mass is 10.3. The van der Waals surface area contributed by atoms with Crippen molar-refractivity contribution < 1.29 is 12.8 Å². The van der Waals surface area contributed by atoms with E-state index in [-0.39, 0.29) is 41.2 Å². The van der Waals surface area contributed by atoms with Crippen molar-refractivity contribution in [3.63, 3.8) is 0 Å². The largest absolute Gasteiger partial charge is 0.357 e. The van der Waals surface area contributed by atoms with Crippen molar-refractivity contribution in [3.8, 4) is 0 Å². The van der Waals surface area contributed by atoms with Crippen LogP contribution < -0.4 is 5.32 Å². The summed E-state index contributed by atoms with van der Waals surface area (Å²) in [6.45, 7) is 4.70. The van der Waals surface area contributed by atoms with E-state index in [0.29, 0.717) is 0 Å². The summed E-state index contributed by atoms with van der Waals surface area (Å²) in [6, 6.07) is 5.45. The molecule has 8 heteroatoms. The molecule has 1 heterocycles. The minimum absolute atomic E-state index is 0. The number of aliphatic imine (C=N–C) groups is 1. The zero-order chi connectivity index (χ0) is 16.0. The number of hydrogen-bond donors (Lipinski definition) is 1. The van der Waals surface area contributed by atoms with Gasteiger partial charge in [-0.2, -0.15) is 0 Å². The molecule has 1 aromatic carbocycles. The lowest BCUT2D eigenvalue weighted by molar-refractivity contribution is 0.494. The van der Waals surface area contributed by atoms with E-state index in [1.165, 1.54) is 18.2 Å². The molecule has 5 nitrogen and oxygen atoms in total. The van der Waals surface area contributed by atoms with Crippen molar-refractivity contribution in [3.05, 3.63) is 30.1 Å². The highest BCUT2D eigenvalue weighted by molar-refractivity contribution is 14.0. The summed E-state index contributed by atoms with van der Waals surface area (Å²) in [6.07, 6.45) is 2.25. The second-order valence-corrected chi connectivity index (χ2v) is 7.26. The number of rotatable bonds is 5. The fraction of sp³-hybridized carbons (Fsp3) is 0.533. The molecular formula is C15H23FIN3O2S. The highest BCUT2D eigenvalue weighted by Crippen LogP contribution is 2.15. The SMILES string of the molecule is CCNC(=NCCS(=O)(=O)c1ccccc1F)N1CCCC1.I. The summed E-state index contributed by atoms with van der Waals surface area (Å²) in [4.78, 5) is 6.24. The standard InChI is InChI=1S/C15H22FN3O2S.HI/c1-2-17-15(19-10-5-6-11-19)18-9-12-22(20,21)14-8-4-3-7-13(14)16;/h3-4,7-8H,2,5-6,9-12H2,1H3,(H,17,18);1H. The van der Waals surface area contributed by atoms with Gasteiger partial charge in [0.15, 0.2) is 15.8 Å². The first kappa shape index (κ1) is 20.1. The molecule has 130 valence electrons. The van der Waals surface area contributed by atoms with Crippen molar-refractivity contribution in [2.45, 2.75) is 24.7 Å². The topological polar surface area (TPSA) is 61.8 Å². The molecule has 0 unspecified atom stereocenters. The second-order valence-electron chi connectivity index (χ2n) is 5.18. The molecule has 1 fully saturated rings. The molecule has 0 aliphatic carbocycles. The first-order valence-electron chi connectivity index (χ1n) is 7.55. The van der Waals surface area contributed by atoms with Crippen molar-refractivity contribution in [1.29, 1.82) is 0 Å². The predicted octanol–water partition coefficient (Wildman–Crippen LogP) is 2.28. The van der Waals surface area contributed by atoms with Crippen LogP contribution in [0.4, 0.5) is 4.39 Å². The number of likely N-dealkylation sites (tertiary alicyclic amines) is 1. The van der Waals surface area contributed by atoms with E-state index in [2.05, 4.69) is 15.2 Å². The smallest absolute Gasteiger partial charge is 0.193 e. The van der Waals surface area contributed by atoms with Crippen LogP contribution in [0.2, 0.25) is 0 Å². The molecule has 1 N–H and O–H groups in total. The molecule has 0 bridgehead atoms. The van der Waals surface area contributed by atoms with E-state index in [9.17, 15) is 12.8 Å². The van der Waals surface area contributed by atoms with Gasteiger partial charge in [0.1, 0.15) is 10.7 Å². The van der Waals surface area contributed by atoms with Crippen LogP contribution in [0.25, 0.3) is 0 Å². The van der Waals surface area contributed by atoms with Gasteiger partial charge in [0.25, 0.3) is 0 Å². The summed E-state index contributed by atoms with van der Waals surface area (Å²) in [7, 11) is -3.65. The van der Waals surface area contributed by atoms with Gasteiger partial charge in [0, 0.05) is 19.6 Å². The molecule has 1 aliphatic heterocycles. The highest BCUT2D eigenvalue weighted by Gasteiger charge is 2.19. The van der Waals surface area contributed by atoms with Gasteiger partial charge in [0.2, 0.25) is 0 Å². The van der Waals surface area contributed by atoms with Crippen molar-refractivity contribution in [2.75, 3.05) is 31.9 Å². The van der Waals surface area contributed by atoms with Crippen molar-refractivity contribution >= 4 is 39.8 Å². The first-order valence-corrected chi connectivity index (χ1v) is 9.20. The molecule has 1 saturated heterocycles. The summed E-state index contributed by atoms with van der Waals surface area (Å²) in [5.74, 6) is -0.168. The first-order chi connectivity index (χ1) is 10.5. The predicted molar refractivity (Wildman–Crippen MR) is 101 cm³/mol. The number of sulfone groups is 1. The molecule has 0 saturated carbocycles. The molecule has 23 heavy (non-hydrogen) atoms. The lowest BCUT2D eigenvalue weighted by Gasteiger charge is -2.20. The summed E-state index contributed by atoms with van der Waals surface area (Å²) in [5, 5.41) is 3.17. The monoisotopic (exact) mass is 455 g/mol. The zero-order valence-corrected chi connectivity index (χ0v) is 16.3. The van der Waals surface area contributed by atoms with Gasteiger partial charge in [-0.3, -0.25) is 4.99 Å². The highest BCUT2D eigenvalue weighted by atomic mass is 127. The molecule has 0 radical (unpaired) electrons. The van der Waals surface area contributed by atoms with Crippen LogP contribution in [0.3, 0.4) is 0 Å². The molecule has 0 atom stereocenters.